The van der Waals surface area contributed by atoms with Crippen molar-refractivity contribution in [1.29, 1.82) is 0 Å². The van der Waals surface area contributed by atoms with Crippen molar-refractivity contribution in [2.24, 2.45) is 0 Å². The number of nitrogens with two attached hydrogens (primary N) is 1. The number of carbonyl (C=O) groups is 1. The minimum absolute atomic E-state index is 0.302. The highest BCUT2D eigenvalue weighted by Gasteiger charge is 2.25. The number of carbonyl (C=O) groups excluding carboxylic acids is 1. The minimum Gasteiger partial charge on any atom is -0.492 e. The summed E-state index contributed by atoms with van der Waals surface area (Å²) in [6.45, 7) is 1.30. The van der Waals surface area contributed by atoms with Crippen molar-refractivity contribution in [3.05, 3.63) is 23.8 Å². The van der Waals surface area contributed by atoms with Crippen molar-refractivity contribution in [3.63, 3.8) is 0 Å². The number of aldehydes is 1. The lowest BCUT2D eigenvalue weighted by Gasteiger charge is -2.21. The van der Waals surface area contributed by atoms with Gasteiger partial charge < -0.3 is 15.3 Å². The molecule has 80 valence electrons. The largest absolute Gasteiger partial charge is 0.492 e. The summed E-state index contributed by atoms with van der Waals surface area (Å²) in [5.74, 6) is 0.719. The van der Waals surface area contributed by atoms with E-state index < -0.39 is 0 Å². The van der Waals surface area contributed by atoms with Gasteiger partial charge in [0.1, 0.15) is 18.6 Å². The predicted molar refractivity (Wildman–Crippen MR) is 57.8 cm³/mol. The first-order valence-electron chi connectivity index (χ1n) is 4.90. The Morgan fingerprint density at radius 1 is 1.60 bits per heavy atom. The van der Waals surface area contributed by atoms with Gasteiger partial charge in [-0.05, 0) is 19.2 Å². The van der Waals surface area contributed by atoms with Gasteiger partial charge in [-0.1, -0.05) is 6.07 Å². The molecular weight excluding hydrogens is 192 g/mol. The fraction of sp³-hybridized carbons (Fsp3) is 0.364. The third-order valence-corrected chi connectivity index (χ3v) is 2.70. The van der Waals surface area contributed by atoms with Gasteiger partial charge in [-0.25, -0.2) is 0 Å². The topological polar surface area (TPSA) is 55.6 Å². The zero-order valence-electron chi connectivity index (χ0n) is 8.64. The minimum atomic E-state index is -0.302. The van der Waals surface area contributed by atoms with Crippen LogP contribution in [0, 0.1) is 0 Å². The van der Waals surface area contributed by atoms with Crippen LogP contribution in [0.5, 0.6) is 5.75 Å². The van der Waals surface area contributed by atoms with Gasteiger partial charge in [-0.2, -0.15) is 0 Å². The molecule has 1 heterocycles. The molecule has 1 aromatic rings. The molecule has 0 fully saturated rings. The molecule has 0 aromatic heterocycles. The number of fused-ring (bicyclic) bond motifs is 1. The van der Waals surface area contributed by atoms with Gasteiger partial charge in [-0.3, -0.25) is 4.90 Å². The number of hydrogen-bond donors (Lipinski definition) is 1. The summed E-state index contributed by atoms with van der Waals surface area (Å²) >= 11 is 0. The van der Waals surface area contributed by atoms with Crippen molar-refractivity contribution in [2.75, 3.05) is 25.9 Å². The zero-order chi connectivity index (χ0) is 10.8. The summed E-state index contributed by atoms with van der Waals surface area (Å²) < 4.78 is 5.55. The Balaban J connectivity index is 2.54. The summed E-state index contributed by atoms with van der Waals surface area (Å²) in [5.41, 5.74) is 7.27. The van der Waals surface area contributed by atoms with E-state index in [0.29, 0.717) is 12.3 Å². The fourth-order valence-corrected chi connectivity index (χ4v) is 1.83. The first-order valence-corrected chi connectivity index (χ1v) is 4.90. The maximum atomic E-state index is 11.1. The van der Waals surface area contributed by atoms with Gasteiger partial charge in [0.25, 0.3) is 0 Å². The normalized spacial score (nSPS) is 21.3. The molecule has 0 saturated heterocycles. The number of benzene rings is 1. The quantitative estimate of drug-likeness (QED) is 0.546. The van der Waals surface area contributed by atoms with E-state index in [2.05, 4.69) is 0 Å². The number of nitrogens with zero attached hydrogens (tertiary/aromatic N) is 1. The Bertz CT molecular complexity index is 379. The predicted octanol–water partition coefficient (Wildman–Crippen LogP) is 0.833. The van der Waals surface area contributed by atoms with Gasteiger partial charge in [0.05, 0.1) is 6.04 Å². The van der Waals surface area contributed by atoms with Crippen LogP contribution >= 0.6 is 0 Å². The van der Waals surface area contributed by atoms with Crippen LogP contribution in [0.4, 0.5) is 5.69 Å². The molecule has 1 atom stereocenters. The maximum Gasteiger partial charge on any atom is 0.141 e. The molecule has 0 spiro atoms. The van der Waals surface area contributed by atoms with E-state index in [0.717, 1.165) is 24.1 Å². The number of likely N-dealkylation sites (N-methyl/N-ethyl adjacent to an activating group) is 1. The third kappa shape index (κ3) is 1.68. The number of nitrogen functional groups attached to an aromatic ring is 1. The SMILES string of the molecule is CN1CCOc2cccc(N)c2C1C=O. The van der Waals surface area contributed by atoms with Crippen molar-refractivity contribution >= 4 is 12.0 Å². The van der Waals surface area contributed by atoms with Crippen LogP contribution in [0.15, 0.2) is 18.2 Å². The standard InChI is InChI=1S/C11H14N2O2/c1-13-5-6-15-10-4-2-3-8(12)11(10)9(13)7-14/h2-4,7,9H,5-6,12H2,1H3. The first kappa shape index (κ1) is 9.98. The Hall–Kier alpha value is -1.55. The molecule has 1 aliphatic heterocycles. The highest BCUT2D eigenvalue weighted by atomic mass is 16.5. The maximum absolute atomic E-state index is 11.1. The monoisotopic (exact) mass is 206 g/mol. The van der Waals surface area contributed by atoms with Crippen molar-refractivity contribution < 1.29 is 9.53 Å². The molecule has 15 heavy (non-hydrogen) atoms. The van der Waals surface area contributed by atoms with Gasteiger partial charge in [0, 0.05) is 17.8 Å². The summed E-state index contributed by atoms with van der Waals surface area (Å²) in [5, 5.41) is 0. The summed E-state index contributed by atoms with van der Waals surface area (Å²) in [7, 11) is 1.89. The van der Waals surface area contributed by atoms with Crippen LogP contribution in [0.3, 0.4) is 0 Å². The summed E-state index contributed by atoms with van der Waals surface area (Å²) in [4.78, 5) is 13.0. The van der Waals surface area contributed by atoms with Gasteiger partial charge in [0.2, 0.25) is 0 Å². The van der Waals surface area contributed by atoms with Crippen LogP contribution in [0.1, 0.15) is 11.6 Å². The highest BCUT2D eigenvalue weighted by molar-refractivity contribution is 5.70. The molecule has 0 amide bonds. The van der Waals surface area contributed by atoms with Crippen molar-refractivity contribution in [1.82, 2.24) is 4.90 Å². The highest BCUT2D eigenvalue weighted by Crippen LogP contribution is 2.34. The molecule has 0 radical (unpaired) electrons. The number of anilines is 1. The average molecular weight is 206 g/mol. The van der Waals surface area contributed by atoms with E-state index in [9.17, 15) is 4.79 Å². The van der Waals surface area contributed by atoms with E-state index in [1.54, 1.807) is 6.07 Å². The second-order valence-corrected chi connectivity index (χ2v) is 3.67. The van der Waals surface area contributed by atoms with Crippen LogP contribution in [0.2, 0.25) is 0 Å². The molecule has 1 aromatic carbocycles. The third-order valence-electron chi connectivity index (χ3n) is 2.70. The molecule has 2 N–H and O–H groups in total. The second-order valence-electron chi connectivity index (χ2n) is 3.67. The summed E-state index contributed by atoms with van der Waals surface area (Å²) in [6, 6.07) is 5.17. The number of ether oxygens (including phenoxy) is 1. The lowest BCUT2D eigenvalue weighted by atomic mass is 10.0. The molecule has 0 bridgehead atoms. The Morgan fingerprint density at radius 2 is 2.40 bits per heavy atom. The van der Waals surface area contributed by atoms with Crippen molar-refractivity contribution in [2.45, 2.75) is 6.04 Å². The summed E-state index contributed by atoms with van der Waals surface area (Å²) in [6.07, 6.45) is 0.907. The Kier molecular flexibility index (Phi) is 2.60. The number of hydrogen-bond acceptors (Lipinski definition) is 4. The van der Waals surface area contributed by atoms with Crippen LogP contribution < -0.4 is 10.5 Å². The van der Waals surface area contributed by atoms with Gasteiger partial charge >= 0.3 is 0 Å². The molecule has 0 saturated carbocycles. The van der Waals surface area contributed by atoms with Gasteiger partial charge in [0.15, 0.2) is 0 Å². The lowest BCUT2D eigenvalue weighted by Crippen LogP contribution is -2.27. The molecule has 4 nitrogen and oxygen atoms in total. The van der Waals surface area contributed by atoms with E-state index in [-0.39, 0.29) is 6.04 Å². The molecule has 0 aliphatic carbocycles. The van der Waals surface area contributed by atoms with Crippen molar-refractivity contribution in [3.8, 4) is 5.75 Å². The van der Waals surface area contributed by atoms with E-state index >= 15 is 0 Å². The fourth-order valence-electron chi connectivity index (χ4n) is 1.83. The molecule has 1 unspecified atom stereocenters. The average Bonchev–Trinajstić information content (AvgIpc) is 2.38. The van der Waals surface area contributed by atoms with Crippen LogP contribution in [0.25, 0.3) is 0 Å². The Labute approximate surface area is 88.6 Å². The van der Waals surface area contributed by atoms with Crippen LogP contribution in [-0.4, -0.2) is 31.4 Å². The second kappa shape index (κ2) is 3.90. The number of rotatable bonds is 1. The van der Waals surface area contributed by atoms with E-state index in [1.807, 2.05) is 24.1 Å². The molecule has 1 aliphatic rings. The molecule has 4 heteroatoms. The molecule has 2 rings (SSSR count). The first-order chi connectivity index (χ1) is 7.24. The molecular formula is C11H14N2O2. The zero-order valence-corrected chi connectivity index (χ0v) is 8.64. The lowest BCUT2D eigenvalue weighted by molar-refractivity contribution is -0.112. The van der Waals surface area contributed by atoms with E-state index in [4.69, 9.17) is 10.5 Å². The van der Waals surface area contributed by atoms with Crippen LogP contribution in [-0.2, 0) is 4.79 Å². The smallest absolute Gasteiger partial charge is 0.141 e. The van der Waals surface area contributed by atoms with Gasteiger partial charge in [-0.15, -0.1) is 0 Å². The Morgan fingerprint density at radius 3 is 3.13 bits per heavy atom. The van der Waals surface area contributed by atoms with E-state index in [1.165, 1.54) is 0 Å².